The van der Waals surface area contributed by atoms with Crippen LogP contribution in [0.2, 0.25) is 0 Å². The second kappa shape index (κ2) is 4.75. The molecule has 4 heteroatoms. The highest BCUT2D eigenvalue weighted by Gasteiger charge is 2.21. The average Bonchev–Trinajstić information content (AvgIpc) is 2.74. The van der Waals surface area contributed by atoms with Crippen LogP contribution in [-0.4, -0.2) is 26.2 Å². The van der Waals surface area contributed by atoms with Gasteiger partial charge in [0.15, 0.2) is 17.3 Å². The highest BCUT2D eigenvalue weighted by Crippen LogP contribution is 2.37. The van der Waals surface area contributed by atoms with Crippen LogP contribution in [0.5, 0.6) is 11.5 Å². The van der Waals surface area contributed by atoms with E-state index in [-0.39, 0.29) is 18.5 Å². The Bertz CT molecular complexity index is 441. The molecule has 2 rings (SSSR count). The highest BCUT2D eigenvalue weighted by atomic mass is 16.7. The zero-order valence-electron chi connectivity index (χ0n) is 10.4. The van der Waals surface area contributed by atoms with E-state index in [2.05, 4.69) is 19.2 Å². The van der Waals surface area contributed by atoms with Crippen molar-refractivity contribution < 1.29 is 14.3 Å². The minimum absolute atomic E-state index is 0.0782. The van der Waals surface area contributed by atoms with Crippen LogP contribution in [0.15, 0.2) is 12.1 Å². The number of carbonyl (C=O) groups excluding carboxylic acids is 1. The molecule has 0 unspecified atom stereocenters. The van der Waals surface area contributed by atoms with Crippen LogP contribution < -0.4 is 14.8 Å². The molecule has 0 saturated heterocycles. The van der Waals surface area contributed by atoms with Crippen molar-refractivity contribution in [3.8, 4) is 11.5 Å². The van der Waals surface area contributed by atoms with Crippen LogP contribution in [0.25, 0.3) is 0 Å². The Hall–Kier alpha value is -1.55. The predicted octanol–water partition coefficient (Wildman–Crippen LogP) is 1.94. The molecule has 0 amide bonds. The van der Waals surface area contributed by atoms with Crippen molar-refractivity contribution in [2.45, 2.75) is 19.8 Å². The van der Waals surface area contributed by atoms with Crippen LogP contribution in [0.4, 0.5) is 0 Å². The van der Waals surface area contributed by atoms with E-state index in [4.69, 9.17) is 9.47 Å². The van der Waals surface area contributed by atoms with Gasteiger partial charge in [-0.25, -0.2) is 0 Å². The molecule has 0 atom stereocenters. The van der Waals surface area contributed by atoms with Crippen molar-refractivity contribution in [1.29, 1.82) is 0 Å². The normalized spacial score (nSPS) is 13.2. The lowest BCUT2D eigenvalue weighted by Crippen LogP contribution is -2.20. The van der Waals surface area contributed by atoms with Crippen molar-refractivity contribution in [2.24, 2.45) is 0 Å². The Morgan fingerprint density at radius 3 is 2.59 bits per heavy atom. The fourth-order valence-electron chi connectivity index (χ4n) is 1.93. The summed E-state index contributed by atoms with van der Waals surface area (Å²) >= 11 is 0. The van der Waals surface area contributed by atoms with Crippen LogP contribution in [-0.2, 0) is 0 Å². The Labute approximate surface area is 101 Å². The Morgan fingerprint density at radius 2 is 2.00 bits per heavy atom. The summed E-state index contributed by atoms with van der Waals surface area (Å²) in [6.07, 6.45) is 0. The second-order valence-electron chi connectivity index (χ2n) is 4.40. The Balaban J connectivity index is 2.45. The number of carbonyl (C=O) groups is 1. The molecule has 17 heavy (non-hydrogen) atoms. The van der Waals surface area contributed by atoms with E-state index < -0.39 is 0 Å². The first-order valence-corrected chi connectivity index (χ1v) is 5.74. The van der Waals surface area contributed by atoms with Gasteiger partial charge in [-0.15, -0.1) is 0 Å². The first-order chi connectivity index (χ1) is 8.13. The number of rotatable bonds is 4. The van der Waals surface area contributed by atoms with Crippen LogP contribution in [0.3, 0.4) is 0 Å². The van der Waals surface area contributed by atoms with Gasteiger partial charge in [-0.05, 0) is 30.7 Å². The number of Topliss-reactive ketones (excluding diaryl/α,β-unsaturated/α-hetero) is 1. The molecule has 0 aliphatic carbocycles. The number of hydrogen-bond donors (Lipinski definition) is 1. The van der Waals surface area contributed by atoms with E-state index >= 15 is 0 Å². The van der Waals surface area contributed by atoms with E-state index in [0.717, 1.165) is 16.9 Å². The molecule has 0 fully saturated rings. The van der Waals surface area contributed by atoms with Gasteiger partial charge < -0.3 is 14.8 Å². The van der Waals surface area contributed by atoms with Gasteiger partial charge in [0, 0.05) is 5.56 Å². The van der Waals surface area contributed by atoms with Gasteiger partial charge in [-0.1, -0.05) is 13.8 Å². The van der Waals surface area contributed by atoms with E-state index in [1.54, 1.807) is 13.1 Å². The van der Waals surface area contributed by atoms with Gasteiger partial charge in [0.05, 0.1) is 6.54 Å². The van der Waals surface area contributed by atoms with Crippen molar-refractivity contribution in [1.82, 2.24) is 5.32 Å². The third-order valence-corrected chi connectivity index (χ3v) is 2.80. The molecule has 1 aromatic rings. The third kappa shape index (κ3) is 2.26. The standard InChI is InChI=1S/C13H17NO3/c1-8(2)9-4-12-13(17-7-16-12)5-10(9)11(15)6-14-3/h4-5,8,14H,6-7H2,1-3H3. The molecular weight excluding hydrogens is 218 g/mol. The summed E-state index contributed by atoms with van der Waals surface area (Å²) in [5.41, 5.74) is 1.73. The number of hydrogen-bond acceptors (Lipinski definition) is 4. The number of nitrogens with one attached hydrogen (secondary N) is 1. The topological polar surface area (TPSA) is 47.6 Å². The molecule has 1 aromatic carbocycles. The van der Waals surface area contributed by atoms with Crippen molar-refractivity contribution in [3.05, 3.63) is 23.3 Å². The minimum Gasteiger partial charge on any atom is -0.454 e. The Kier molecular flexibility index (Phi) is 3.33. The monoisotopic (exact) mass is 235 g/mol. The van der Waals surface area contributed by atoms with Gasteiger partial charge in [-0.2, -0.15) is 0 Å². The molecule has 1 aliphatic rings. The summed E-state index contributed by atoms with van der Waals surface area (Å²) in [6, 6.07) is 3.70. The van der Waals surface area contributed by atoms with Crippen LogP contribution >= 0.6 is 0 Å². The largest absolute Gasteiger partial charge is 0.454 e. The quantitative estimate of drug-likeness (QED) is 0.810. The van der Waals surface area contributed by atoms with Gasteiger partial charge in [-0.3, -0.25) is 4.79 Å². The molecular formula is C13H17NO3. The molecule has 4 nitrogen and oxygen atoms in total. The molecule has 0 aromatic heterocycles. The third-order valence-electron chi connectivity index (χ3n) is 2.80. The molecule has 0 radical (unpaired) electrons. The molecule has 1 aliphatic heterocycles. The number of benzene rings is 1. The number of ketones is 1. The van der Waals surface area contributed by atoms with Gasteiger partial charge in [0.1, 0.15) is 0 Å². The number of fused-ring (bicyclic) bond motifs is 1. The average molecular weight is 235 g/mol. The van der Waals surface area contributed by atoms with Crippen molar-refractivity contribution in [3.63, 3.8) is 0 Å². The summed E-state index contributed by atoms with van der Waals surface area (Å²) in [6.45, 7) is 4.69. The Morgan fingerprint density at radius 1 is 1.35 bits per heavy atom. The highest BCUT2D eigenvalue weighted by molar-refractivity contribution is 5.99. The lowest BCUT2D eigenvalue weighted by molar-refractivity contribution is 0.0992. The maximum Gasteiger partial charge on any atom is 0.231 e. The first-order valence-electron chi connectivity index (χ1n) is 5.74. The maximum atomic E-state index is 12.0. The van der Waals surface area contributed by atoms with Gasteiger partial charge in [0.25, 0.3) is 0 Å². The lowest BCUT2D eigenvalue weighted by Gasteiger charge is -2.13. The second-order valence-corrected chi connectivity index (χ2v) is 4.40. The summed E-state index contributed by atoms with van der Waals surface area (Å²) in [5.74, 6) is 1.75. The predicted molar refractivity (Wildman–Crippen MR) is 64.9 cm³/mol. The summed E-state index contributed by atoms with van der Waals surface area (Å²) < 4.78 is 10.6. The summed E-state index contributed by atoms with van der Waals surface area (Å²) in [4.78, 5) is 12.0. The fourth-order valence-corrected chi connectivity index (χ4v) is 1.93. The zero-order chi connectivity index (χ0) is 12.4. The van der Waals surface area contributed by atoms with E-state index in [1.165, 1.54) is 0 Å². The van der Waals surface area contributed by atoms with E-state index in [0.29, 0.717) is 12.3 Å². The first kappa shape index (κ1) is 11.9. The van der Waals surface area contributed by atoms with Crippen molar-refractivity contribution >= 4 is 5.78 Å². The minimum atomic E-state index is 0.0782. The maximum absolute atomic E-state index is 12.0. The molecule has 92 valence electrons. The number of ether oxygens (including phenoxy) is 2. The zero-order valence-corrected chi connectivity index (χ0v) is 10.4. The molecule has 0 bridgehead atoms. The van der Waals surface area contributed by atoms with E-state index in [1.807, 2.05) is 6.07 Å². The SMILES string of the molecule is CNCC(=O)c1cc2c(cc1C(C)C)OCO2. The van der Waals surface area contributed by atoms with Gasteiger partial charge in [0.2, 0.25) is 6.79 Å². The number of likely N-dealkylation sites (N-methyl/N-ethyl adjacent to an activating group) is 1. The fraction of sp³-hybridized carbons (Fsp3) is 0.462. The van der Waals surface area contributed by atoms with Crippen molar-refractivity contribution in [2.75, 3.05) is 20.4 Å². The molecule has 1 N–H and O–H groups in total. The lowest BCUT2D eigenvalue weighted by atomic mass is 9.94. The summed E-state index contributed by atoms with van der Waals surface area (Å²) in [7, 11) is 1.76. The molecule has 0 saturated carbocycles. The smallest absolute Gasteiger partial charge is 0.231 e. The summed E-state index contributed by atoms with van der Waals surface area (Å²) in [5, 5.41) is 2.88. The van der Waals surface area contributed by atoms with Crippen LogP contribution in [0.1, 0.15) is 35.7 Å². The van der Waals surface area contributed by atoms with E-state index in [9.17, 15) is 4.79 Å². The molecule has 1 heterocycles. The van der Waals surface area contributed by atoms with Gasteiger partial charge >= 0.3 is 0 Å². The molecule has 0 spiro atoms. The van der Waals surface area contributed by atoms with Crippen LogP contribution in [0, 0.1) is 0 Å².